The highest BCUT2D eigenvalue weighted by atomic mass is 35.5. The SMILES string of the molecule is O=C(O)CCCN1CCc2oc(-c3ccc(OCc4ccccc4F)cc3Cl)cc2C1. The lowest BCUT2D eigenvalue weighted by Crippen LogP contribution is -2.30. The monoisotopic (exact) mass is 443 g/mol. The molecule has 0 fully saturated rings. The van der Waals surface area contributed by atoms with Crippen molar-refractivity contribution in [3.63, 3.8) is 0 Å². The van der Waals surface area contributed by atoms with Gasteiger partial charge < -0.3 is 14.3 Å². The summed E-state index contributed by atoms with van der Waals surface area (Å²) < 4.78 is 25.5. The van der Waals surface area contributed by atoms with Gasteiger partial charge in [0.05, 0.1) is 5.02 Å². The Kier molecular flexibility index (Phi) is 6.59. The first kappa shape index (κ1) is 21.4. The summed E-state index contributed by atoms with van der Waals surface area (Å²) in [6.07, 6.45) is 1.60. The Morgan fingerprint density at radius 3 is 2.84 bits per heavy atom. The maximum absolute atomic E-state index is 13.8. The second kappa shape index (κ2) is 9.54. The molecule has 3 aromatic rings. The largest absolute Gasteiger partial charge is 0.489 e. The van der Waals surface area contributed by atoms with E-state index in [1.54, 1.807) is 30.3 Å². The van der Waals surface area contributed by atoms with Crippen LogP contribution in [-0.2, 0) is 24.4 Å². The average Bonchev–Trinajstić information content (AvgIpc) is 3.16. The van der Waals surface area contributed by atoms with Crippen molar-refractivity contribution in [1.29, 1.82) is 0 Å². The highest BCUT2D eigenvalue weighted by Crippen LogP contribution is 2.35. The number of carbonyl (C=O) groups is 1. The molecule has 5 nitrogen and oxygen atoms in total. The Bertz CT molecular complexity index is 1080. The van der Waals surface area contributed by atoms with Gasteiger partial charge in [-0.1, -0.05) is 29.8 Å². The Balaban J connectivity index is 1.42. The number of nitrogens with zero attached hydrogens (tertiary/aromatic N) is 1. The fourth-order valence-electron chi connectivity index (χ4n) is 3.73. The van der Waals surface area contributed by atoms with Gasteiger partial charge in [-0.3, -0.25) is 9.69 Å². The predicted molar refractivity (Wildman–Crippen MR) is 116 cm³/mol. The molecule has 1 aromatic heterocycles. The summed E-state index contributed by atoms with van der Waals surface area (Å²) in [7, 11) is 0. The number of hydrogen-bond donors (Lipinski definition) is 1. The number of hydrogen-bond acceptors (Lipinski definition) is 4. The molecule has 0 atom stereocenters. The van der Waals surface area contributed by atoms with Crippen molar-refractivity contribution < 1.29 is 23.4 Å². The Morgan fingerprint density at radius 2 is 2.06 bits per heavy atom. The number of aliphatic carboxylic acids is 1. The Morgan fingerprint density at radius 1 is 1.23 bits per heavy atom. The van der Waals surface area contributed by atoms with Crippen LogP contribution in [-0.4, -0.2) is 29.1 Å². The molecule has 0 saturated carbocycles. The minimum Gasteiger partial charge on any atom is -0.489 e. The van der Waals surface area contributed by atoms with Crippen molar-refractivity contribution in [2.24, 2.45) is 0 Å². The molecule has 1 aliphatic rings. The average molecular weight is 444 g/mol. The van der Waals surface area contributed by atoms with E-state index in [-0.39, 0.29) is 18.8 Å². The summed E-state index contributed by atoms with van der Waals surface area (Å²) in [6, 6.07) is 13.8. The standard InChI is InChI=1S/C24H23ClFNO4/c25-20-13-18(30-15-16-4-1-2-5-21(16)26)7-8-19(20)23-12-17-14-27(10-3-6-24(28)29)11-9-22(17)31-23/h1-2,4-5,7-8,12-13H,3,6,9-11,14-15H2,(H,28,29). The van der Waals surface area contributed by atoms with E-state index < -0.39 is 5.97 Å². The number of benzene rings is 2. The van der Waals surface area contributed by atoms with Crippen LogP contribution in [0.3, 0.4) is 0 Å². The van der Waals surface area contributed by atoms with Crippen LogP contribution < -0.4 is 4.74 Å². The molecule has 31 heavy (non-hydrogen) atoms. The Labute approximate surface area is 185 Å². The maximum atomic E-state index is 13.8. The van der Waals surface area contributed by atoms with E-state index in [9.17, 15) is 9.18 Å². The van der Waals surface area contributed by atoms with Gasteiger partial charge in [-0.2, -0.15) is 0 Å². The van der Waals surface area contributed by atoms with E-state index >= 15 is 0 Å². The van der Waals surface area contributed by atoms with E-state index in [1.807, 2.05) is 12.1 Å². The lowest BCUT2D eigenvalue weighted by Gasteiger charge is -2.25. The molecule has 1 aliphatic heterocycles. The van der Waals surface area contributed by atoms with Crippen LogP contribution in [0.25, 0.3) is 11.3 Å². The highest BCUT2D eigenvalue weighted by Gasteiger charge is 2.22. The van der Waals surface area contributed by atoms with Gasteiger partial charge in [-0.15, -0.1) is 0 Å². The number of carboxylic acids is 1. The third-order valence-electron chi connectivity index (χ3n) is 5.37. The van der Waals surface area contributed by atoms with Crippen LogP contribution in [0.4, 0.5) is 4.39 Å². The summed E-state index contributed by atoms with van der Waals surface area (Å²) in [6.45, 7) is 2.45. The topological polar surface area (TPSA) is 62.9 Å². The second-order valence-corrected chi connectivity index (χ2v) is 8.01. The summed E-state index contributed by atoms with van der Waals surface area (Å²) in [5, 5.41) is 9.30. The highest BCUT2D eigenvalue weighted by molar-refractivity contribution is 6.33. The second-order valence-electron chi connectivity index (χ2n) is 7.60. The fraction of sp³-hybridized carbons (Fsp3) is 0.292. The van der Waals surface area contributed by atoms with Crippen molar-refractivity contribution in [2.75, 3.05) is 13.1 Å². The van der Waals surface area contributed by atoms with Gasteiger partial charge in [-0.05, 0) is 43.3 Å². The van der Waals surface area contributed by atoms with Crippen molar-refractivity contribution in [1.82, 2.24) is 4.90 Å². The van der Waals surface area contributed by atoms with E-state index in [0.717, 1.165) is 42.9 Å². The van der Waals surface area contributed by atoms with Crippen LogP contribution in [0.1, 0.15) is 29.7 Å². The summed E-state index contributed by atoms with van der Waals surface area (Å²) in [4.78, 5) is 13.0. The zero-order valence-electron chi connectivity index (χ0n) is 16.9. The Hall–Kier alpha value is -2.83. The van der Waals surface area contributed by atoms with Crippen molar-refractivity contribution in [3.05, 3.63) is 76.3 Å². The molecule has 0 amide bonds. The number of fused-ring (bicyclic) bond motifs is 1. The van der Waals surface area contributed by atoms with Gasteiger partial charge in [0.25, 0.3) is 0 Å². The lowest BCUT2D eigenvalue weighted by molar-refractivity contribution is -0.137. The van der Waals surface area contributed by atoms with E-state index in [4.69, 9.17) is 25.9 Å². The minimum absolute atomic E-state index is 0.120. The zero-order chi connectivity index (χ0) is 21.8. The predicted octanol–water partition coefficient (Wildman–Crippen LogP) is 5.54. The van der Waals surface area contributed by atoms with Gasteiger partial charge in [0.2, 0.25) is 0 Å². The molecule has 0 spiro atoms. The molecule has 4 rings (SSSR count). The molecule has 0 bridgehead atoms. The van der Waals surface area contributed by atoms with Crippen LogP contribution in [0.2, 0.25) is 5.02 Å². The lowest BCUT2D eigenvalue weighted by atomic mass is 10.1. The molecular formula is C24H23ClFNO4. The van der Waals surface area contributed by atoms with Gasteiger partial charge in [0, 0.05) is 42.6 Å². The number of ether oxygens (including phenoxy) is 1. The quantitative estimate of drug-likeness (QED) is 0.495. The van der Waals surface area contributed by atoms with Crippen molar-refractivity contribution in [2.45, 2.75) is 32.4 Å². The first-order valence-corrected chi connectivity index (χ1v) is 10.6. The number of furan rings is 1. The van der Waals surface area contributed by atoms with E-state index in [2.05, 4.69) is 4.90 Å². The van der Waals surface area contributed by atoms with Gasteiger partial charge in [-0.25, -0.2) is 4.39 Å². The molecular weight excluding hydrogens is 421 g/mol. The van der Waals surface area contributed by atoms with Gasteiger partial charge in [0.1, 0.15) is 29.7 Å². The van der Waals surface area contributed by atoms with Crippen LogP contribution in [0.5, 0.6) is 5.75 Å². The number of carboxylic acid groups (broad SMARTS) is 1. The molecule has 0 radical (unpaired) electrons. The first-order chi connectivity index (χ1) is 15.0. The molecule has 0 aliphatic carbocycles. The van der Waals surface area contributed by atoms with E-state index in [1.165, 1.54) is 6.07 Å². The molecule has 2 aromatic carbocycles. The molecule has 162 valence electrons. The van der Waals surface area contributed by atoms with Crippen LogP contribution in [0, 0.1) is 5.82 Å². The normalized spacial score (nSPS) is 13.7. The maximum Gasteiger partial charge on any atom is 0.303 e. The minimum atomic E-state index is -0.765. The van der Waals surface area contributed by atoms with Crippen molar-refractivity contribution >= 4 is 17.6 Å². The van der Waals surface area contributed by atoms with E-state index in [0.29, 0.717) is 28.5 Å². The van der Waals surface area contributed by atoms with Crippen molar-refractivity contribution in [3.8, 4) is 17.1 Å². The molecule has 0 saturated heterocycles. The summed E-state index contributed by atoms with van der Waals surface area (Å²) in [5.41, 5.74) is 2.36. The fourth-order valence-corrected chi connectivity index (χ4v) is 3.99. The smallest absolute Gasteiger partial charge is 0.303 e. The van der Waals surface area contributed by atoms with Gasteiger partial charge >= 0.3 is 5.97 Å². The summed E-state index contributed by atoms with van der Waals surface area (Å²) >= 11 is 6.49. The molecule has 7 heteroatoms. The zero-order valence-corrected chi connectivity index (χ0v) is 17.7. The molecule has 0 unspecified atom stereocenters. The first-order valence-electron chi connectivity index (χ1n) is 10.2. The third-order valence-corrected chi connectivity index (χ3v) is 5.68. The number of rotatable bonds is 8. The third kappa shape index (κ3) is 5.27. The number of halogens is 2. The molecule has 2 heterocycles. The molecule has 1 N–H and O–H groups in total. The van der Waals surface area contributed by atoms with Crippen LogP contribution >= 0.6 is 11.6 Å². The van der Waals surface area contributed by atoms with Gasteiger partial charge in [0.15, 0.2) is 0 Å². The summed E-state index contributed by atoms with van der Waals surface area (Å²) in [5.74, 6) is 1.13. The van der Waals surface area contributed by atoms with Crippen LogP contribution in [0.15, 0.2) is 52.9 Å².